The second-order valence-corrected chi connectivity index (χ2v) is 7.28. The molecular formula is C25H20N6O. The molecule has 2 N–H and O–H groups in total. The van der Waals surface area contributed by atoms with Crippen molar-refractivity contribution in [2.75, 3.05) is 0 Å². The van der Waals surface area contributed by atoms with Gasteiger partial charge in [-0.15, -0.1) is 5.10 Å². The summed E-state index contributed by atoms with van der Waals surface area (Å²) in [6.45, 7) is 1.97. The third-order valence-corrected chi connectivity index (χ3v) is 5.15. The molecule has 0 bridgehead atoms. The molecule has 7 heteroatoms. The average molecular weight is 420 g/mol. The zero-order valence-corrected chi connectivity index (χ0v) is 17.4. The van der Waals surface area contributed by atoms with E-state index in [9.17, 15) is 4.79 Å². The van der Waals surface area contributed by atoms with Gasteiger partial charge in [0.2, 0.25) is 5.82 Å². The monoisotopic (exact) mass is 420 g/mol. The zero-order valence-electron chi connectivity index (χ0n) is 17.4. The number of hydrogen-bond donors (Lipinski definition) is 2. The quantitative estimate of drug-likeness (QED) is 0.324. The number of amides is 1. The Morgan fingerprint density at radius 1 is 0.969 bits per heavy atom. The second-order valence-electron chi connectivity index (χ2n) is 7.28. The van der Waals surface area contributed by atoms with Gasteiger partial charge in [-0.05, 0) is 25.1 Å². The van der Waals surface area contributed by atoms with Gasteiger partial charge in [0, 0.05) is 27.7 Å². The van der Waals surface area contributed by atoms with Crippen LogP contribution in [0.1, 0.15) is 21.9 Å². The van der Waals surface area contributed by atoms with Crippen molar-refractivity contribution < 1.29 is 4.79 Å². The molecule has 3 aromatic carbocycles. The van der Waals surface area contributed by atoms with E-state index in [1.807, 2.05) is 91.9 Å². The summed E-state index contributed by atoms with van der Waals surface area (Å²) in [6, 6.07) is 27.2. The lowest BCUT2D eigenvalue weighted by atomic mass is 10.1. The Balaban J connectivity index is 1.44. The molecule has 0 aliphatic heterocycles. The molecule has 0 saturated carbocycles. The minimum absolute atomic E-state index is 0.0421. The van der Waals surface area contributed by atoms with E-state index in [0.29, 0.717) is 5.82 Å². The topological polar surface area (TPSA) is 88.0 Å². The fourth-order valence-electron chi connectivity index (χ4n) is 3.60. The van der Waals surface area contributed by atoms with Crippen LogP contribution in [0.2, 0.25) is 0 Å². The number of rotatable bonds is 5. The first kappa shape index (κ1) is 19.4. The maximum atomic E-state index is 12.8. The van der Waals surface area contributed by atoms with Gasteiger partial charge in [-0.25, -0.2) is 15.1 Å². The summed E-state index contributed by atoms with van der Waals surface area (Å²) in [7, 11) is 0. The largest absolute Gasteiger partial charge is 0.358 e. The number of hydrazone groups is 1. The average Bonchev–Trinajstić information content (AvgIpc) is 3.42. The number of fused-ring (bicyclic) bond motifs is 1. The summed E-state index contributed by atoms with van der Waals surface area (Å²) in [5.41, 5.74) is 7.15. The lowest BCUT2D eigenvalue weighted by molar-refractivity contribution is 0.0945. The molecule has 7 nitrogen and oxygen atoms in total. The molecule has 156 valence electrons. The predicted octanol–water partition coefficient (Wildman–Crippen LogP) is 4.49. The number of aromatic amines is 1. The fraction of sp³-hybridized carbons (Fsp3) is 0.0400. The molecule has 0 unspecified atom stereocenters. The summed E-state index contributed by atoms with van der Waals surface area (Å²) < 4.78 is 1.66. The third-order valence-electron chi connectivity index (χ3n) is 5.15. The number of aryl methyl sites for hydroxylation is 1. The fourth-order valence-corrected chi connectivity index (χ4v) is 3.60. The van der Waals surface area contributed by atoms with Gasteiger partial charge in [0.1, 0.15) is 0 Å². The van der Waals surface area contributed by atoms with Gasteiger partial charge in [-0.3, -0.25) is 4.79 Å². The van der Waals surface area contributed by atoms with Crippen molar-refractivity contribution in [2.45, 2.75) is 6.92 Å². The summed E-state index contributed by atoms with van der Waals surface area (Å²) >= 11 is 0. The Labute approximate surface area is 184 Å². The number of aromatic nitrogens is 4. The molecule has 1 amide bonds. The van der Waals surface area contributed by atoms with Crippen LogP contribution in [-0.2, 0) is 0 Å². The maximum Gasteiger partial charge on any atom is 0.311 e. The van der Waals surface area contributed by atoms with Crippen LogP contribution >= 0.6 is 0 Å². The van der Waals surface area contributed by atoms with E-state index in [1.54, 1.807) is 10.9 Å². The van der Waals surface area contributed by atoms with Gasteiger partial charge in [0.05, 0.1) is 11.9 Å². The number of H-pyrrole nitrogens is 1. The molecule has 5 aromatic rings. The minimum atomic E-state index is -0.481. The van der Waals surface area contributed by atoms with Crippen molar-refractivity contribution in [3.8, 4) is 17.1 Å². The standard InChI is InChI=1S/C25H20N6O/c1-17-21(20-14-8-9-15-22(20)27-17)16-26-29-25(32)23-28-24(18-10-4-2-5-11-18)31(30-23)19-12-6-3-7-13-19/h2-16,27H,1H3,(H,29,32). The van der Waals surface area contributed by atoms with Gasteiger partial charge in [-0.1, -0.05) is 66.7 Å². The van der Waals surface area contributed by atoms with E-state index >= 15 is 0 Å². The van der Waals surface area contributed by atoms with E-state index in [1.165, 1.54) is 0 Å². The molecular weight excluding hydrogens is 400 g/mol. The Bertz CT molecular complexity index is 1360. The summed E-state index contributed by atoms with van der Waals surface area (Å²) in [4.78, 5) is 20.6. The second kappa shape index (κ2) is 8.31. The Morgan fingerprint density at radius 3 is 2.44 bits per heavy atom. The van der Waals surface area contributed by atoms with Gasteiger partial charge in [0.15, 0.2) is 5.82 Å². The number of hydrogen-bond acceptors (Lipinski definition) is 4. The molecule has 0 saturated heterocycles. The molecule has 0 aliphatic rings. The highest BCUT2D eigenvalue weighted by Crippen LogP contribution is 2.21. The van der Waals surface area contributed by atoms with Crippen molar-refractivity contribution >= 4 is 23.0 Å². The first-order valence-corrected chi connectivity index (χ1v) is 10.2. The molecule has 0 radical (unpaired) electrons. The smallest absolute Gasteiger partial charge is 0.311 e. The van der Waals surface area contributed by atoms with E-state index in [2.05, 4.69) is 25.6 Å². The number of benzene rings is 3. The molecule has 0 fully saturated rings. The number of carbonyl (C=O) groups is 1. The molecule has 2 aromatic heterocycles. The number of nitrogens with one attached hydrogen (secondary N) is 2. The Kier molecular flexibility index (Phi) is 5.05. The summed E-state index contributed by atoms with van der Waals surface area (Å²) in [5, 5.41) is 9.65. The highest BCUT2D eigenvalue weighted by Gasteiger charge is 2.18. The zero-order chi connectivity index (χ0) is 21.9. The molecule has 32 heavy (non-hydrogen) atoms. The van der Waals surface area contributed by atoms with Crippen LogP contribution in [0.3, 0.4) is 0 Å². The SMILES string of the molecule is Cc1[nH]c2ccccc2c1C=NNC(=O)c1nc(-c2ccccc2)n(-c2ccccc2)n1. The minimum Gasteiger partial charge on any atom is -0.358 e. The summed E-state index contributed by atoms with van der Waals surface area (Å²) in [5.74, 6) is 0.143. The maximum absolute atomic E-state index is 12.8. The normalized spacial score (nSPS) is 11.3. The van der Waals surface area contributed by atoms with Crippen LogP contribution in [0.5, 0.6) is 0 Å². The first-order valence-electron chi connectivity index (χ1n) is 10.2. The van der Waals surface area contributed by atoms with E-state index in [4.69, 9.17) is 0 Å². The Hall–Kier alpha value is -4.52. The number of nitrogens with zero attached hydrogens (tertiary/aromatic N) is 4. The van der Waals surface area contributed by atoms with Crippen molar-refractivity contribution in [2.24, 2.45) is 5.10 Å². The highest BCUT2D eigenvalue weighted by molar-refractivity contribution is 6.01. The molecule has 5 rings (SSSR count). The van der Waals surface area contributed by atoms with Gasteiger partial charge in [-0.2, -0.15) is 5.10 Å². The highest BCUT2D eigenvalue weighted by atomic mass is 16.2. The third kappa shape index (κ3) is 3.67. The molecule has 2 heterocycles. The van der Waals surface area contributed by atoms with Crippen LogP contribution in [0.15, 0.2) is 90.0 Å². The van der Waals surface area contributed by atoms with E-state index in [-0.39, 0.29) is 5.82 Å². The van der Waals surface area contributed by atoms with E-state index < -0.39 is 5.91 Å². The van der Waals surface area contributed by atoms with Crippen molar-refractivity contribution in [3.05, 3.63) is 102 Å². The van der Waals surface area contributed by atoms with Crippen molar-refractivity contribution in [3.63, 3.8) is 0 Å². The first-order chi connectivity index (χ1) is 15.7. The van der Waals surface area contributed by atoms with Crippen molar-refractivity contribution in [1.82, 2.24) is 25.2 Å². The number of carbonyl (C=O) groups excluding carboxylic acids is 1. The van der Waals surface area contributed by atoms with Gasteiger partial charge >= 0.3 is 5.91 Å². The lowest BCUT2D eigenvalue weighted by Gasteiger charge is -2.05. The van der Waals surface area contributed by atoms with Crippen LogP contribution in [0.25, 0.3) is 28.0 Å². The lowest BCUT2D eigenvalue weighted by Crippen LogP contribution is -2.19. The van der Waals surface area contributed by atoms with Crippen molar-refractivity contribution in [1.29, 1.82) is 0 Å². The van der Waals surface area contributed by atoms with Crippen LogP contribution < -0.4 is 5.43 Å². The molecule has 0 spiro atoms. The van der Waals surface area contributed by atoms with E-state index in [0.717, 1.165) is 33.4 Å². The van der Waals surface area contributed by atoms with Crippen LogP contribution in [0, 0.1) is 6.92 Å². The molecule has 0 aliphatic carbocycles. The molecule has 0 atom stereocenters. The van der Waals surface area contributed by atoms with Gasteiger partial charge < -0.3 is 4.98 Å². The Morgan fingerprint density at radius 2 is 1.66 bits per heavy atom. The predicted molar refractivity (Wildman–Crippen MR) is 125 cm³/mol. The van der Waals surface area contributed by atoms with Gasteiger partial charge in [0.25, 0.3) is 0 Å². The summed E-state index contributed by atoms with van der Waals surface area (Å²) in [6.07, 6.45) is 1.64. The number of para-hydroxylation sites is 2. The van der Waals surface area contributed by atoms with Crippen LogP contribution in [0.4, 0.5) is 0 Å². The van der Waals surface area contributed by atoms with Crippen LogP contribution in [-0.4, -0.2) is 31.9 Å².